The van der Waals surface area contributed by atoms with Gasteiger partial charge < -0.3 is 10.5 Å². The molecule has 1 heterocycles. The summed E-state index contributed by atoms with van der Waals surface area (Å²) in [5.41, 5.74) is 5.77. The van der Waals surface area contributed by atoms with E-state index in [1.54, 1.807) is 6.92 Å². The number of carbonyl (C=O) groups excluding carboxylic acids is 2. The second kappa shape index (κ2) is 4.54. The van der Waals surface area contributed by atoms with Crippen LogP contribution in [0.3, 0.4) is 0 Å². The maximum absolute atomic E-state index is 12.1. The third-order valence-corrected chi connectivity index (χ3v) is 4.39. The molecule has 19 heavy (non-hydrogen) atoms. The van der Waals surface area contributed by atoms with E-state index in [9.17, 15) is 18.0 Å². The van der Waals surface area contributed by atoms with Crippen LogP contribution in [0.25, 0.3) is 0 Å². The molecule has 1 amide bonds. The van der Waals surface area contributed by atoms with Gasteiger partial charge in [-0.3, -0.25) is 9.59 Å². The number of carbonyl (C=O) groups is 2. The van der Waals surface area contributed by atoms with Crippen molar-refractivity contribution < 1.29 is 22.7 Å². The molecular weight excluding hydrogens is 272 g/mol. The summed E-state index contributed by atoms with van der Waals surface area (Å²) in [6.45, 7) is 1.07. The van der Waals surface area contributed by atoms with Crippen LogP contribution in [0.1, 0.15) is 17.3 Å². The highest BCUT2D eigenvalue weighted by Crippen LogP contribution is 2.31. The maximum atomic E-state index is 12.1. The van der Waals surface area contributed by atoms with Gasteiger partial charge in [-0.25, -0.2) is 12.7 Å². The third kappa shape index (κ3) is 2.14. The first kappa shape index (κ1) is 13.3. The first-order valence-electron chi connectivity index (χ1n) is 5.50. The summed E-state index contributed by atoms with van der Waals surface area (Å²) >= 11 is 0. The zero-order valence-corrected chi connectivity index (χ0v) is 10.9. The first-order chi connectivity index (χ1) is 8.87. The van der Waals surface area contributed by atoms with E-state index in [0.717, 1.165) is 0 Å². The molecule has 1 aromatic carbocycles. The Kier molecular flexibility index (Phi) is 3.19. The molecule has 0 atom stereocenters. The number of nitrogen functional groups attached to an aromatic ring is 1. The lowest BCUT2D eigenvalue weighted by Gasteiger charge is -2.13. The van der Waals surface area contributed by atoms with E-state index in [2.05, 4.69) is 4.74 Å². The smallest absolute Gasteiger partial charge is 0.326 e. The predicted octanol–water partition coefficient (Wildman–Crippen LogP) is -0.0236. The van der Waals surface area contributed by atoms with Gasteiger partial charge in [-0.05, 0) is 25.1 Å². The average Bonchev–Trinajstić information content (AvgIpc) is 2.51. The molecule has 0 bridgehead atoms. The van der Waals surface area contributed by atoms with Crippen LogP contribution in [0, 0.1) is 0 Å². The number of fused-ring (bicyclic) bond motifs is 1. The van der Waals surface area contributed by atoms with Gasteiger partial charge >= 0.3 is 5.97 Å². The van der Waals surface area contributed by atoms with Crippen LogP contribution in [0.5, 0.6) is 0 Å². The van der Waals surface area contributed by atoms with E-state index in [1.165, 1.54) is 18.2 Å². The molecule has 2 rings (SSSR count). The van der Waals surface area contributed by atoms with E-state index in [-0.39, 0.29) is 22.8 Å². The lowest BCUT2D eigenvalue weighted by molar-refractivity contribution is -0.142. The number of ether oxygens (including phenoxy) is 1. The highest BCUT2D eigenvalue weighted by atomic mass is 32.2. The summed E-state index contributed by atoms with van der Waals surface area (Å²) in [5.74, 6) is -1.55. The molecule has 0 aromatic heterocycles. The molecule has 7 nitrogen and oxygen atoms in total. The van der Waals surface area contributed by atoms with E-state index < -0.39 is 28.4 Å². The van der Waals surface area contributed by atoms with Crippen molar-refractivity contribution >= 4 is 27.6 Å². The Morgan fingerprint density at radius 3 is 2.74 bits per heavy atom. The molecule has 1 aliphatic rings. The summed E-state index contributed by atoms with van der Waals surface area (Å²) in [7, 11) is -4.00. The molecule has 0 spiro atoms. The molecular formula is C11H12N2O5S. The topological polar surface area (TPSA) is 107 Å². The molecule has 0 radical (unpaired) electrons. The van der Waals surface area contributed by atoms with Crippen LogP contribution in [-0.2, 0) is 19.6 Å². The molecule has 0 aliphatic carbocycles. The summed E-state index contributed by atoms with van der Waals surface area (Å²) in [6, 6.07) is 3.92. The van der Waals surface area contributed by atoms with E-state index >= 15 is 0 Å². The molecule has 1 aromatic rings. The second-order valence-corrected chi connectivity index (χ2v) is 5.71. The largest absolute Gasteiger partial charge is 0.465 e. The maximum Gasteiger partial charge on any atom is 0.326 e. The van der Waals surface area contributed by atoms with Crippen molar-refractivity contribution in [1.29, 1.82) is 0 Å². The van der Waals surface area contributed by atoms with Crippen molar-refractivity contribution in [2.75, 3.05) is 18.9 Å². The molecule has 0 saturated carbocycles. The number of nitrogens with zero attached hydrogens (tertiary/aromatic N) is 1. The average molecular weight is 284 g/mol. The van der Waals surface area contributed by atoms with Crippen LogP contribution in [0.2, 0.25) is 0 Å². The van der Waals surface area contributed by atoms with Crippen molar-refractivity contribution in [3.05, 3.63) is 23.8 Å². The summed E-state index contributed by atoms with van der Waals surface area (Å²) in [4.78, 5) is 23.2. The number of amides is 1. The fraction of sp³-hybridized carbons (Fsp3) is 0.273. The van der Waals surface area contributed by atoms with Crippen LogP contribution >= 0.6 is 0 Å². The minimum Gasteiger partial charge on any atom is -0.465 e. The fourth-order valence-electron chi connectivity index (χ4n) is 1.78. The van der Waals surface area contributed by atoms with Gasteiger partial charge in [-0.2, -0.15) is 0 Å². The summed E-state index contributed by atoms with van der Waals surface area (Å²) in [6.07, 6.45) is 0. The first-order valence-corrected chi connectivity index (χ1v) is 6.94. The summed E-state index contributed by atoms with van der Waals surface area (Å²) in [5, 5.41) is 0. The Hall–Kier alpha value is -2.09. The Morgan fingerprint density at radius 1 is 1.42 bits per heavy atom. The van der Waals surface area contributed by atoms with Gasteiger partial charge in [0, 0.05) is 5.69 Å². The number of hydrogen-bond donors (Lipinski definition) is 1. The Labute approximate surface area is 110 Å². The molecule has 2 N–H and O–H groups in total. The van der Waals surface area contributed by atoms with Crippen LogP contribution in [0.15, 0.2) is 23.1 Å². The van der Waals surface area contributed by atoms with Crippen LogP contribution < -0.4 is 5.73 Å². The standard InChI is InChI=1S/C11H12N2O5S/c1-2-18-10(14)6-13-11(15)8-5-7(12)3-4-9(8)19(13,16)17/h3-5H,2,6,12H2,1H3. The van der Waals surface area contributed by atoms with Crippen molar-refractivity contribution in [1.82, 2.24) is 4.31 Å². The zero-order chi connectivity index (χ0) is 14.2. The number of rotatable bonds is 3. The van der Waals surface area contributed by atoms with E-state index in [1.807, 2.05) is 0 Å². The highest BCUT2D eigenvalue weighted by molar-refractivity contribution is 7.90. The highest BCUT2D eigenvalue weighted by Gasteiger charge is 2.42. The van der Waals surface area contributed by atoms with Gasteiger partial charge in [-0.1, -0.05) is 0 Å². The predicted molar refractivity (Wildman–Crippen MR) is 65.7 cm³/mol. The SMILES string of the molecule is CCOC(=O)CN1C(=O)c2cc(N)ccc2S1(=O)=O. The zero-order valence-electron chi connectivity index (χ0n) is 10.1. The van der Waals surface area contributed by atoms with Gasteiger partial charge in [0.15, 0.2) is 0 Å². The van der Waals surface area contributed by atoms with Crippen molar-refractivity contribution in [3.63, 3.8) is 0 Å². The number of esters is 1. The van der Waals surface area contributed by atoms with Gasteiger partial charge in [0.2, 0.25) is 0 Å². The molecule has 0 unspecified atom stereocenters. The minimum absolute atomic E-state index is 0.0238. The number of hydrogen-bond acceptors (Lipinski definition) is 6. The van der Waals surface area contributed by atoms with Gasteiger partial charge in [-0.15, -0.1) is 0 Å². The van der Waals surface area contributed by atoms with Gasteiger partial charge in [0.05, 0.1) is 12.2 Å². The fourth-order valence-corrected chi connectivity index (χ4v) is 3.28. The second-order valence-electron chi connectivity index (χ2n) is 3.88. The molecule has 102 valence electrons. The number of nitrogens with two attached hydrogens (primary N) is 1. The minimum atomic E-state index is -4.00. The Bertz CT molecular complexity index is 653. The lowest BCUT2D eigenvalue weighted by atomic mass is 10.2. The normalized spacial score (nSPS) is 16.3. The quantitative estimate of drug-likeness (QED) is 0.617. The Morgan fingerprint density at radius 2 is 2.11 bits per heavy atom. The van der Waals surface area contributed by atoms with E-state index in [0.29, 0.717) is 4.31 Å². The Balaban J connectivity index is 2.40. The van der Waals surface area contributed by atoms with Gasteiger partial charge in [0.25, 0.3) is 15.9 Å². The number of benzene rings is 1. The van der Waals surface area contributed by atoms with Crippen LogP contribution in [0.4, 0.5) is 5.69 Å². The van der Waals surface area contributed by atoms with Crippen molar-refractivity contribution in [3.8, 4) is 0 Å². The van der Waals surface area contributed by atoms with E-state index in [4.69, 9.17) is 5.73 Å². The summed E-state index contributed by atoms with van der Waals surface area (Å²) < 4.78 is 29.3. The lowest BCUT2D eigenvalue weighted by Crippen LogP contribution is -2.35. The van der Waals surface area contributed by atoms with Crippen molar-refractivity contribution in [2.24, 2.45) is 0 Å². The third-order valence-electron chi connectivity index (χ3n) is 2.61. The van der Waals surface area contributed by atoms with Crippen molar-refractivity contribution in [2.45, 2.75) is 11.8 Å². The van der Waals surface area contributed by atoms with Gasteiger partial charge in [0.1, 0.15) is 11.4 Å². The molecule has 0 saturated heterocycles. The number of sulfonamides is 1. The van der Waals surface area contributed by atoms with Crippen LogP contribution in [-0.4, -0.2) is 37.8 Å². The molecule has 0 fully saturated rings. The number of anilines is 1. The monoisotopic (exact) mass is 284 g/mol. The molecule has 1 aliphatic heterocycles. The molecule has 8 heteroatoms.